The van der Waals surface area contributed by atoms with Crippen molar-refractivity contribution >= 4 is 10.8 Å². The molecule has 3 unspecified atom stereocenters. The van der Waals surface area contributed by atoms with E-state index in [1.165, 1.54) is 28.6 Å². The minimum Gasteiger partial charge on any atom is -0.367 e. The highest BCUT2D eigenvalue weighted by Crippen LogP contribution is 2.42. The van der Waals surface area contributed by atoms with Crippen molar-refractivity contribution in [2.24, 2.45) is 0 Å². The SMILES string of the molecule is CC(c1ccc(F)cc1)C(C1OCc2cc(-c3cncc4ccccc34)ccc21)N(C)C. The molecule has 0 radical (unpaired) electrons. The minimum absolute atomic E-state index is 0.0419. The van der Waals surface area contributed by atoms with Crippen LogP contribution in [0.25, 0.3) is 21.9 Å². The molecule has 0 bridgehead atoms. The quantitative estimate of drug-likeness (QED) is 0.372. The molecule has 1 aliphatic rings. The first kappa shape index (κ1) is 20.8. The smallest absolute Gasteiger partial charge is 0.123 e. The summed E-state index contributed by atoms with van der Waals surface area (Å²) in [6, 6.07) is 21.9. The summed E-state index contributed by atoms with van der Waals surface area (Å²) in [5, 5.41) is 2.34. The minimum atomic E-state index is -0.208. The molecule has 0 aliphatic carbocycles. The lowest BCUT2D eigenvalue weighted by atomic mass is 9.85. The first-order valence-electron chi connectivity index (χ1n) is 11.0. The van der Waals surface area contributed by atoms with E-state index in [2.05, 4.69) is 67.3 Å². The van der Waals surface area contributed by atoms with Crippen LogP contribution in [0.15, 0.2) is 79.1 Å². The maximum Gasteiger partial charge on any atom is 0.123 e. The number of benzene rings is 3. The Morgan fingerprint density at radius 1 is 1.00 bits per heavy atom. The van der Waals surface area contributed by atoms with Gasteiger partial charge in [-0.2, -0.15) is 0 Å². The van der Waals surface area contributed by atoms with E-state index in [0.717, 1.165) is 22.1 Å². The molecule has 0 saturated carbocycles. The van der Waals surface area contributed by atoms with Crippen LogP contribution in [0.3, 0.4) is 0 Å². The van der Waals surface area contributed by atoms with Gasteiger partial charge in [0, 0.05) is 29.4 Å². The lowest BCUT2D eigenvalue weighted by Gasteiger charge is -2.35. The second-order valence-corrected chi connectivity index (χ2v) is 8.85. The van der Waals surface area contributed by atoms with Crippen LogP contribution < -0.4 is 0 Å². The van der Waals surface area contributed by atoms with Crippen molar-refractivity contribution in [3.8, 4) is 11.1 Å². The van der Waals surface area contributed by atoms with Gasteiger partial charge in [-0.15, -0.1) is 0 Å². The van der Waals surface area contributed by atoms with Crippen LogP contribution in [-0.2, 0) is 11.3 Å². The number of halogens is 1. The Labute approximate surface area is 188 Å². The van der Waals surface area contributed by atoms with Gasteiger partial charge < -0.3 is 9.64 Å². The van der Waals surface area contributed by atoms with E-state index in [-0.39, 0.29) is 23.9 Å². The molecule has 4 heteroatoms. The lowest BCUT2D eigenvalue weighted by Crippen LogP contribution is -2.38. The van der Waals surface area contributed by atoms with Crippen LogP contribution in [0.4, 0.5) is 4.39 Å². The van der Waals surface area contributed by atoms with Crippen molar-refractivity contribution < 1.29 is 9.13 Å². The third-order valence-electron chi connectivity index (χ3n) is 6.66. The van der Waals surface area contributed by atoms with Gasteiger partial charge >= 0.3 is 0 Å². The average Bonchev–Trinajstić information content (AvgIpc) is 3.22. The molecule has 2 heterocycles. The van der Waals surface area contributed by atoms with Crippen LogP contribution in [0, 0.1) is 5.82 Å². The summed E-state index contributed by atoms with van der Waals surface area (Å²) in [7, 11) is 4.17. The zero-order valence-corrected chi connectivity index (χ0v) is 18.6. The molecule has 0 spiro atoms. The number of likely N-dealkylation sites (N-methyl/N-ethyl adjacent to an activating group) is 1. The molecule has 1 aromatic heterocycles. The third kappa shape index (κ3) is 3.70. The van der Waals surface area contributed by atoms with Gasteiger partial charge in [-0.25, -0.2) is 4.39 Å². The van der Waals surface area contributed by atoms with E-state index in [0.29, 0.717) is 6.61 Å². The van der Waals surface area contributed by atoms with Gasteiger partial charge in [-0.3, -0.25) is 4.98 Å². The predicted molar refractivity (Wildman–Crippen MR) is 127 cm³/mol. The van der Waals surface area contributed by atoms with Crippen LogP contribution in [0.5, 0.6) is 0 Å². The van der Waals surface area contributed by atoms with Crippen molar-refractivity contribution in [3.05, 3.63) is 102 Å². The highest BCUT2D eigenvalue weighted by Gasteiger charge is 2.36. The Morgan fingerprint density at radius 3 is 2.56 bits per heavy atom. The molecule has 32 heavy (non-hydrogen) atoms. The van der Waals surface area contributed by atoms with Crippen LogP contribution >= 0.6 is 0 Å². The van der Waals surface area contributed by atoms with E-state index in [9.17, 15) is 4.39 Å². The van der Waals surface area contributed by atoms with Crippen molar-refractivity contribution in [3.63, 3.8) is 0 Å². The van der Waals surface area contributed by atoms with Gasteiger partial charge in [-0.1, -0.05) is 55.5 Å². The predicted octanol–water partition coefficient (Wildman–Crippen LogP) is 6.35. The Hall–Kier alpha value is -3.08. The molecule has 5 rings (SSSR count). The molecule has 3 aromatic carbocycles. The van der Waals surface area contributed by atoms with E-state index < -0.39 is 0 Å². The fraction of sp³-hybridized carbons (Fsp3) is 0.250. The van der Waals surface area contributed by atoms with Gasteiger partial charge in [-0.05, 0) is 65.9 Å². The molecular formula is C28H27FN2O. The zero-order chi connectivity index (χ0) is 22.2. The first-order chi connectivity index (χ1) is 15.5. The summed E-state index contributed by atoms with van der Waals surface area (Å²) in [6.07, 6.45) is 3.81. The lowest BCUT2D eigenvalue weighted by molar-refractivity contribution is -0.0000190. The Morgan fingerprint density at radius 2 is 1.78 bits per heavy atom. The van der Waals surface area contributed by atoms with Gasteiger partial charge in [0.05, 0.1) is 12.7 Å². The normalized spacial score (nSPS) is 17.5. The highest BCUT2D eigenvalue weighted by molar-refractivity contribution is 5.95. The largest absolute Gasteiger partial charge is 0.367 e. The van der Waals surface area contributed by atoms with Crippen molar-refractivity contribution in [1.29, 1.82) is 0 Å². The molecule has 0 N–H and O–H groups in total. The van der Waals surface area contributed by atoms with E-state index in [4.69, 9.17) is 4.74 Å². The van der Waals surface area contributed by atoms with E-state index >= 15 is 0 Å². The van der Waals surface area contributed by atoms with Crippen LogP contribution in [0.1, 0.15) is 35.6 Å². The number of rotatable bonds is 5. The van der Waals surface area contributed by atoms with Crippen molar-refractivity contribution in [2.75, 3.05) is 14.1 Å². The summed E-state index contributed by atoms with van der Waals surface area (Å²) in [6.45, 7) is 2.78. The van der Waals surface area contributed by atoms with Gasteiger partial charge in [0.15, 0.2) is 0 Å². The molecule has 0 fully saturated rings. The number of aromatic nitrogens is 1. The first-order valence-corrected chi connectivity index (χ1v) is 11.0. The fourth-order valence-corrected chi connectivity index (χ4v) is 5.02. The summed E-state index contributed by atoms with van der Waals surface area (Å²) in [4.78, 5) is 6.67. The molecule has 3 atom stereocenters. The number of hydrogen-bond donors (Lipinski definition) is 0. The second-order valence-electron chi connectivity index (χ2n) is 8.85. The Balaban J connectivity index is 1.50. The summed E-state index contributed by atoms with van der Waals surface area (Å²) in [5.74, 6) is -0.0243. The van der Waals surface area contributed by atoms with Crippen molar-refractivity contribution in [1.82, 2.24) is 9.88 Å². The van der Waals surface area contributed by atoms with Crippen LogP contribution in [0.2, 0.25) is 0 Å². The van der Waals surface area contributed by atoms with Gasteiger partial charge in [0.2, 0.25) is 0 Å². The van der Waals surface area contributed by atoms with Gasteiger partial charge in [0.1, 0.15) is 5.82 Å². The summed E-state index contributed by atoms with van der Waals surface area (Å²) in [5.41, 5.74) is 5.86. The Bertz CT molecular complexity index is 1250. The average molecular weight is 427 g/mol. The molecule has 162 valence electrons. The van der Waals surface area contributed by atoms with Crippen molar-refractivity contribution in [2.45, 2.75) is 31.6 Å². The molecule has 1 aliphatic heterocycles. The number of nitrogens with zero attached hydrogens (tertiary/aromatic N) is 2. The van der Waals surface area contributed by atoms with E-state index in [1.54, 1.807) is 0 Å². The zero-order valence-electron chi connectivity index (χ0n) is 18.6. The monoisotopic (exact) mass is 426 g/mol. The molecule has 0 saturated heterocycles. The highest BCUT2D eigenvalue weighted by atomic mass is 19.1. The van der Waals surface area contributed by atoms with E-state index in [1.807, 2.05) is 30.6 Å². The fourth-order valence-electron chi connectivity index (χ4n) is 5.02. The number of pyridine rings is 1. The Kier molecular flexibility index (Phi) is 5.50. The molecular weight excluding hydrogens is 399 g/mol. The maximum atomic E-state index is 13.4. The summed E-state index contributed by atoms with van der Waals surface area (Å²) >= 11 is 0. The maximum absolute atomic E-state index is 13.4. The summed E-state index contributed by atoms with van der Waals surface area (Å²) < 4.78 is 19.8. The van der Waals surface area contributed by atoms with Gasteiger partial charge in [0.25, 0.3) is 0 Å². The molecule has 4 aromatic rings. The third-order valence-corrected chi connectivity index (χ3v) is 6.66. The molecule has 0 amide bonds. The standard InChI is InChI=1S/C28H27FN2O/c1-18(19-8-11-23(29)12-9-19)27(31(2)3)28-25-13-10-20(14-22(25)17-32-28)26-16-30-15-21-6-4-5-7-24(21)26/h4-16,18,27-28H,17H2,1-3H3. The number of fused-ring (bicyclic) bond motifs is 2. The second kappa shape index (κ2) is 8.45. The molecule has 3 nitrogen and oxygen atoms in total. The van der Waals surface area contributed by atoms with Crippen LogP contribution in [-0.4, -0.2) is 30.0 Å². The number of hydrogen-bond acceptors (Lipinski definition) is 3. The topological polar surface area (TPSA) is 25.4 Å². The number of ether oxygens (including phenoxy) is 1.